The van der Waals surface area contributed by atoms with Crippen molar-refractivity contribution in [3.63, 3.8) is 0 Å². The van der Waals surface area contributed by atoms with E-state index in [0.29, 0.717) is 6.61 Å². The van der Waals surface area contributed by atoms with Crippen molar-refractivity contribution in [2.75, 3.05) is 12.3 Å². The topological polar surface area (TPSA) is 35.2 Å². The fourth-order valence-electron chi connectivity index (χ4n) is 1.43. The first-order valence-corrected chi connectivity index (χ1v) is 5.80. The molecule has 1 heterocycles. The van der Waals surface area contributed by atoms with Gasteiger partial charge in [-0.3, -0.25) is 0 Å². The van der Waals surface area contributed by atoms with Crippen LogP contribution in [0.1, 0.15) is 6.92 Å². The fourth-order valence-corrected chi connectivity index (χ4v) is 2.21. The Balaban J connectivity index is 2.34. The molecular formula is C12H12FNOS. The molecule has 2 N–H and O–H groups in total. The summed E-state index contributed by atoms with van der Waals surface area (Å²) in [5.74, 6) is -0.0536. The second-order valence-electron chi connectivity index (χ2n) is 3.28. The molecule has 0 amide bonds. The summed E-state index contributed by atoms with van der Waals surface area (Å²) in [6.45, 7) is 2.29. The summed E-state index contributed by atoms with van der Waals surface area (Å²) in [5, 5.41) is 0.726. The Labute approximate surface area is 97.5 Å². The summed E-state index contributed by atoms with van der Waals surface area (Å²) in [5.41, 5.74) is 6.45. The van der Waals surface area contributed by atoms with Crippen LogP contribution in [0.2, 0.25) is 0 Å². The van der Waals surface area contributed by atoms with Crippen LogP contribution in [0.25, 0.3) is 10.4 Å². The number of halogens is 1. The first-order chi connectivity index (χ1) is 7.70. The van der Waals surface area contributed by atoms with Crippen LogP contribution in [0.4, 0.5) is 9.39 Å². The molecule has 0 saturated carbocycles. The Morgan fingerprint density at radius 3 is 2.69 bits per heavy atom. The predicted molar refractivity (Wildman–Crippen MR) is 65.3 cm³/mol. The minimum absolute atomic E-state index is 0.288. The van der Waals surface area contributed by atoms with E-state index in [-0.39, 0.29) is 11.6 Å². The van der Waals surface area contributed by atoms with E-state index in [1.807, 2.05) is 25.1 Å². The lowest BCUT2D eigenvalue weighted by Gasteiger charge is -2.05. The van der Waals surface area contributed by atoms with Crippen LogP contribution in [0, 0.1) is 5.82 Å². The number of nitrogen functional groups attached to an aromatic ring is 1. The maximum Gasteiger partial charge on any atom is 0.165 e. The minimum atomic E-state index is -0.341. The lowest BCUT2D eigenvalue weighted by Crippen LogP contribution is -1.94. The third-order valence-electron chi connectivity index (χ3n) is 2.14. The van der Waals surface area contributed by atoms with Crippen molar-refractivity contribution in [2.24, 2.45) is 0 Å². The molecule has 2 rings (SSSR count). The molecule has 1 aromatic carbocycles. The maximum absolute atomic E-state index is 13.6. The monoisotopic (exact) mass is 237 g/mol. The first kappa shape index (κ1) is 11.0. The molecule has 0 aliphatic rings. The highest BCUT2D eigenvalue weighted by Gasteiger charge is 2.07. The highest BCUT2D eigenvalue weighted by atomic mass is 32.1. The lowest BCUT2D eigenvalue weighted by molar-refractivity contribution is 0.321. The fraction of sp³-hybridized carbons (Fsp3) is 0.167. The van der Waals surface area contributed by atoms with Crippen LogP contribution in [-0.4, -0.2) is 6.61 Å². The number of benzene rings is 1. The van der Waals surface area contributed by atoms with E-state index in [0.717, 1.165) is 15.4 Å². The van der Waals surface area contributed by atoms with Crippen molar-refractivity contribution in [1.82, 2.24) is 0 Å². The van der Waals surface area contributed by atoms with Gasteiger partial charge in [0.1, 0.15) is 0 Å². The third-order valence-corrected chi connectivity index (χ3v) is 3.11. The highest BCUT2D eigenvalue weighted by molar-refractivity contribution is 7.19. The molecule has 16 heavy (non-hydrogen) atoms. The number of ether oxygens (including phenoxy) is 1. The van der Waals surface area contributed by atoms with Crippen LogP contribution in [0.3, 0.4) is 0 Å². The lowest BCUT2D eigenvalue weighted by atomic mass is 10.2. The summed E-state index contributed by atoms with van der Waals surface area (Å²) in [6.07, 6.45) is 0. The van der Waals surface area contributed by atoms with Gasteiger partial charge in [0.25, 0.3) is 0 Å². The smallest absolute Gasteiger partial charge is 0.165 e. The zero-order chi connectivity index (χ0) is 11.5. The van der Waals surface area contributed by atoms with Crippen molar-refractivity contribution in [2.45, 2.75) is 6.92 Å². The molecule has 0 atom stereocenters. The summed E-state index contributed by atoms with van der Waals surface area (Å²) >= 11 is 1.44. The van der Waals surface area contributed by atoms with E-state index in [1.165, 1.54) is 17.4 Å². The van der Waals surface area contributed by atoms with Gasteiger partial charge in [0.05, 0.1) is 11.6 Å². The third kappa shape index (κ3) is 2.17. The molecule has 0 bridgehead atoms. The average Bonchev–Trinajstić information content (AvgIpc) is 2.68. The molecule has 1 aromatic heterocycles. The van der Waals surface area contributed by atoms with Crippen LogP contribution in [0.15, 0.2) is 30.3 Å². The molecule has 0 saturated heterocycles. The van der Waals surface area contributed by atoms with E-state index in [4.69, 9.17) is 10.5 Å². The summed E-state index contributed by atoms with van der Waals surface area (Å²) in [7, 11) is 0. The Kier molecular flexibility index (Phi) is 3.10. The molecular weight excluding hydrogens is 225 g/mol. The van der Waals surface area contributed by atoms with Crippen LogP contribution in [-0.2, 0) is 0 Å². The van der Waals surface area contributed by atoms with E-state index >= 15 is 0 Å². The number of nitrogens with two attached hydrogens (primary N) is 1. The van der Waals surface area contributed by atoms with Crippen LogP contribution in [0.5, 0.6) is 5.75 Å². The van der Waals surface area contributed by atoms with Gasteiger partial charge in [0.2, 0.25) is 0 Å². The van der Waals surface area contributed by atoms with Gasteiger partial charge < -0.3 is 10.5 Å². The second kappa shape index (κ2) is 4.53. The first-order valence-electron chi connectivity index (χ1n) is 4.98. The highest BCUT2D eigenvalue weighted by Crippen LogP contribution is 2.31. The standard InChI is InChI=1S/C12H12FNOS/c1-2-15-10-4-3-8(7-9(10)13)11-5-6-12(14)16-11/h3-7H,2,14H2,1H3. The molecule has 2 nitrogen and oxygen atoms in total. The molecule has 0 spiro atoms. The zero-order valence-corrected chi connectivity index (χ0v) is 9.68. The Hall–Kier alpha value is -1.55. The van der Waals surface area contributed by atoms with Gasteiger partial charge in [-0.25, -0.2) is 4.39 Å². The normalized spacial score (nSPS) is 10.4. The van der Waals surface area contributed by atoms with Crippen LogP contribution >= 0.6 is 11.3 Å². The minimum Gasteiger partial charge on any atom is -0.491 e. The second-order valence-corrected chi connectivity index (χ2v) is 4.40. The maximum atomic E-state index is 13.6. The zero-order valence-electron chi connectivity index (χ0n) is 8.87. The van der Waals surface area contributed by atoms with Crippen molar-refractivity contribution >= 4 is 16.3 Å². The number of anilines is 1. The number of rotatable bonds is 3. The van der Waals surface area contributed by atoms with Crippen LogP contribution < -0.4 is 10.5 Å². The molecule has 0 aliphatic heterocycles. The molecule has 0 fully saturated rings. The van der Waals surface area contributed by atoms with Gasteiger partial charge in [0.15, 0.2) is 11.6 Å². The van der Waals surface area contributed by atoms with E-state index < -0.39 is 0 Å². The molecule has 0 aliphatic carbocycles. The predicted octanol–water partition coefficient (Wildman–Crippen LogP) is 3.54. The number of thiophene rings is 1. The summed E-state index contributed by atoms with van der Waals surface area (Å²) < 4.78 is 18.7. The van der Waals surface area contributed by atoms with Gasteiger partial charge in [-0.2, -0.15) is 0 Å². The molecule has 0 radical (unpaired) electrons. The molecule has 84 valence electrons. The summed E-state index contributed by atoms with van der Waals surface area (Å²) in [4.78, 5) is 0.958. The van der Waals surface area contributed by atoms with Crippen molar-refractivity contribution in [3.05, 3.63) is 36.1 Å². The van der Waals surface area contributed by atoms with Gasteiger partial charge in [-0.1, -0.05) is 0 Å². The number of hydrogen-bond acceptors (Lipinski definition) is 3. The van der Waals surface area contributed by atoms with Crippen molar-refractivity contribution < 1.29 is 9.13 Å². The average molecular weight is 237 g/mol. The largest absolute Gasteiger partial charge is 0.491 e. The van der Waals surface area contributed by atoms with Gasteiger partial charge >= 0.3 is 0 Å². The van der Waals surface area contributed by atoms with E-state index in [1.54, 1.807) is 6.07 Å². The van der Waals surface area contributed by atoms with E-state index in [9.17, 15) is 4.39 Å². The molecule has 2 aromatic rings. The van der Waals surface area contributed by atoms with E-state index in [2.05, 4.69) is 0 Å². The van der Waals surface area contributed by atoms with Crippen molar-refractivity contribution in [1.29, 1.82) is 0 Å². The Bertz CT molecular complexity index is 496. The molecule has 4 heteroatoms. The van der Waals surface area contributed by atoms with Gasteiger partial charge in [0, 0.05) is 4.88 Å². The van der Waals surface area contributed by atoms with Crippen molar-refractivity contribution in [3.8, 4) is 16.2 Å². The molecule has 0 unspecified atom stereocenters. The SMILES string of the molecule is CCOc1ccc(-c2ccc(N)s2)cc1F. The number of hydrogen-bond donors (Lipinski definition) is 1. The van der Waals surface area contributed by atoms with Gasteiger partial charge in [-0.15, -0.1) is 11.3 Å². The summed E-state index contributed by atoms with van der Waals surface area (Å²) in [6, 6.07) is 8.64. The Morgan fingerprint density at radius 1 is 1.31 bits per heavy atom. The quantitative estimate of drug-likeness (QED) is 0.886. The Morgan fingerprint density at radius 2 is 2.12 bits per heavy atom. The van der Waals surface area contributed by atoms with Gasteiger partial charge in [-0.05, 0) is 42.8 Å².